The number of ketones is 1. The summed E-state index contributed by atoms with van der Waals surface area (Å²) >= 11 is 3.23. The molecule has 1 nitrogen and oxygen atoms in total. The third-order valence-electron chi connectivity index (χ3n) is 1.74. The van der Waals surface area contributed by atoms with Gasteiger partial charge in [-0.3, -0.25) is 4.79 Å². The molecule has 1 aliphatic carbocycles. The van der Waals surface area contributed by atoms with Gasteiger partial charge in [0.1, 0.15) is 0 Å². The van der Waals surface area contributed by atoms with Crippen molar-refractivity contribution in [3.05, 3.63) is 34.1 Å². The van der Waals surface area contributed by atoms with Crippen LogP contribution in [0, 0.1) is 0 Å². The lowest BCUT2D eigenvalue weighted by Crippen LogP contribution is -1.96. The van der Waals surface area contributed by atoms with E-state index in [-0.39, 0.29) is 5.78 Å². The summed E-state index contributed by atoms with van der Waals surface area (Å²) in [5.74, 6) is 0.142. The highest BCUT2D eigenvalue weighted by Gasteiger charge is 2.08. The standard InChI is InChI=1S/C10H12OS2/c1-12-10(13-2)7-9(11)8-5-3-4-6-8/h3-5,7H,6H2,1-2H3. The smallest absolute Gasteiger partial charge is 0.183 e. The minimum Gasteiger partial charge on any atom is -0.290 e. The highest BCUT2D eigenvalue weighted by Crippen LogP contribution is 2.24. The number of rotatable bonds is 4. The van der Waals surface area contributed by atoms with Crippen molar-refractivity contribution in [1.82, 2.24) is 0 Å². The van der Waals surface area contributed by atoms with Crippen LogP contribution in [0.15, 0.2) is 34.1 Å². The van der Waals surface area contributed by atoms with Gasteiger partial charge in [-0.15, -0.1) is 23.5 Å². The lowest BCUT2D eigenvalue weighted by molar-refractivity contribution is -0.111. The molecule has 1 aliphatic rings. The average Bonchev–Trinajstić information content (AvgIpc) is 2.66. The van der Waals surface area contributed by atoms with Crippen LogP contribution < -0.4 is 0 Å². The Kier molecular flexibility index (Phi) is 4.39. The highest BCUT2D eigenvalue weighted by atomic mass is 32.2. The van der Waals surface area contributed by atoms with Crippen molar-refractivity contribution in [3.8, 4) is 0 Å². The molecule has 0 aromatic rings. The van der Waals surface area contributed by atoms with Crippen molar-refractivity contribution in [1.29, 1.82) is 0 Å². The summed E-state index contributed by atoms with van der Waals surface area (Å²) in [6.45, 7) is 0. The van der Waals surface area contributed by atoms with E-state index in [0.29, 0.717) is 0 Å². The third kappa shape index (κ3) is 3.08. The maximum absolute atomic E-state index is 11.6. The molecule has 1 rings (SSSR count). The average molecular weight is 212 g/mol. The van der Waals surface area contributed by atoms with Gasteiger partial charge in [0.15, 0.2) is 5.78 Å². The number of carbonyl (C=O) groups is 1. The van der Waals surface area contributed by atoms with Crippen molar-refractivity contribution in [3.63, 3.8) is 0 Å². The lowest BCUT2D eigenvalue weighted by atomic mass is 10.1. The molecule has 13 heavy (non-hydrogen) atoms. The quantitative estimate of drug-likeness (QED) is 0.667. The molecule has 0 spiro atoms. The van der Waals surface area contributed by atoms with E-state index in [4.69, 9.17) is 0 Å². The molecule has 0 fully saturated rings. The van der Waals surface area contributed by atoms with Crippen LogP contribution in [0.4, 0.5) is 0 Å². The van der Waals surface area contributed by atoms with Crippen LogP contribution in [0.5, 0.6) is 0 Å². The first-order valence-electron chi connectivity index (χ1n) is 3.97. The minimum atomic E-state index is 0.142. The molecule has 0 N–H and O–H groups in total. The van der Waals surface area contributed by atoms with Gasteiger partial charge >= 0.3 is 0 Å². The molecule has 0 saturated carbocycles. The molecule has 0 heterocycles. The van der Waals surface area contributed by atoms with E-state index >= 15 is 0 Å². The van der Waals surface area contributed by atoms with Crippen molar-refractivity contribution >= 4 is 29.3 Å². The second-order valence-corrected chi connectivity index (χ2v) is 4.51. The molecular formula is C10H12OS2. The van der Waals surface area contributed by atoms with Gasteiger partial charge in [0.05, 0.1) is 0 Å². The monoisotopic (exact) mass is 212 g/mol. The fraction of sp³-hybridized carbons (Fsp3) is 0.300. The summed E-state index contributed by atoms with van der Waals surface area (Å²) < 4.78 is 1.07. The van der Waals surface area contributed by atoms with Gasteiger partial charge in [0.25, 0.3) is 0 Å². The summed E-state index contributed by atoms with van der Waals surface area (Å²) in [6, 6.07) is 0. The van der Waals surface area contributed by atoms with E-state index in [1.807, 2.05) is 30.7 Å². The predicted octanol–water partition coefficient (Wildman–Crippen LogP) is 3.01. The topological polar surface area (TPSA) is 17.1 Å². The molecule has 0 aromatic carbocycles. The van der Waals surface area contributed by atoms with Crippen LogP contribution in [0.25, 0.3) is 0 Å². The van der Waals surface area contributed by atoms with Gasteiger partial charge in [-0.05, 0) is 18.9 Å². The van der Waals surface area contributed by atoms with E-state index in [1.165, 1.54) is 0 Å². The van der Waals surface area contributed by atoms with Crippen molar-refractivity contribution in [2.75, 3.05) is 12.5 Å². The van der Waals surface area contributed by atoms with E-state index in [0.717, 1.165) is 16.2 Å². The molecule has 0 aromatic heterocycles. The Morgan fingerprint density at radius 2 is 2.15 bits per heavy atom. The summed E-state index contributed by atoms with van der Waals surface area (Å²) in [7, 11) is 0. The molecule has 0 unspecified atom stereocenters. The number of hydrogen-bond donors (Lipinski definition) is 0. The maximum Gasteiger partial charge on any atom is 0.183 e. The van der Waals surface area contributed by atoms with Gasteiger partial charge in [0.2, 0.25) is 0 Å². The Balaban J connectivity index is 2.63. The molecular weight excluding hydrogens is 200 g/mol. The van der Waals surface area contributed by atoms with E-state index in [9.17, 15) is 4.79 Å². The van der Waals surface area contributed by atoms with Crippen molar-refractivity contribution in [2.45, 2.75) is 6.42 Å². The Morgan fingerprint density at radius 1 is 1.46 bits per heavy atom. The summed E-state index contributed by atoms with van der Waals surface area (Å²) in [5, 5.41) is 0. The van der Waals surface area contributed by atoms with E-state index in [1.54, 1.807) is 29.6 Å². The fourth-order valence-corrected chi connectivity index (χ4v) is 2.15. The zero-order valence-electron chi connectivity index (χ0n) is 7.74. The van der Waals surface area contributed by atoms with Gasteiger partial charge < -0.3 is 0 Å². The van der Waals surface area contributed by atoms with E-state index < -0.39 is 0 Å². The van der Waals surface area contributed by atoms with Crippen LogP contribution in [0.1, 0.15) is 6.42 Å². The molecule has 70 valence electrons. The Bertz CT molecular complexity index is 281. The van der Waals surface area contributed by atoms with Gasteiger partial charge in [0, 0.05) is 15.9 Å². The maximum atomic E-state index is 11.6. The predicted molar refractivity (Wildman–Crippen MR) is 62.0 cm³/mol. The molecule has 0 aliphatic heterocycles. The summed E-state index contributed by atoms with van der Waals surface area (Å²) in [6.07, 6.45) is 12.3. The summed E-state index contributed by atoms with van der Waals surface area (Å²) in [5.41, 5.74) is 0.889. The molecule has 3 heteroatoms. The normalized spacial score (nSPS) is 14.2. The first-order chi connectivity index (χ1) is 6.27. The highest BCUT2D eigenvalue weighted by molar-refractivity contribution is 8.21. The summed E-state index contributed by atoms with van der Waals surface area (Å²) in [4.78, 5) is 11.6. The SMILES string of the molecule is CSC(=CC(=O)C1=CC=CC1)SC. The molecule has 0 atom stereocenters. The zero-order chi connectivity index (χ0) is 9.68. The number of hydrogen-bond acceptors (Lipinski definition) is 3. The lowest BCUT2D eigenvalue weighted by Gasteiger charge is -1.99. The van der Waals surface area contributed by atoms with Gasteiger partial charge in [-0.25, -0.2) is 0 Å². The van der Waals surface area contributed by atoms with Crippen LogP contribution in [-0.4, -0.2) is 18.3 Å². The first-order valence-corrected chi connectivity index (χ1v) is 6.42. The van der Waals surface area contributed by atoms with Crippen LogP contribution in [0.3, 0.4) is 0 Å². The second-order valence-electron chi connectivity index (χ2n) is 2.56. The Labute approximate surface area is 87.4 Å². The van der Waals surface area contributed by atoms with Crippen molar-refractivity contribution < 1.29 is 4.79 Å². The molecule has 0 amide bonds. The van der Waals surface area contributed by atoms with Crippen LogP contribution >= 0.6 is 23.5 Å². The molecule has 0 radical (unpaired) electrons. The van der Waals surface area contributed by atoms with Crippen LogP contribution in [-0.2, 0) is 4.79 Å². The van der Waals surface area contributed by atoms with Gasteiger partial charge in [-0.1, -0.05) is 18.2 Å². The van der Waals surface area contributed by atoms with Crippen LogP contribution in [0.2, 0.25) is 0 Å². The first kappa shape index (κ1) is 10.7. The second kappa shape index (κ2) is 5.35. The fourth-order valence-electron chi connectivity index (χ4n) is 1.03. The van der Waals surface area contributed by atoms with Crippen molar-refractivity contribution in [2.24, 2.45) is 0 Å². The Morgan fingerprint density at radius 3 is 2.62 bits per heavy atom. The van der Waals surface area contributed by atoms with Gasteiger partial charge in [-0.2, -0.15) is 0 Å². The zero-order valence-corrected chi connectivity index (χ0v) is 9.37. The Hall–Kier alpha value is -0.410. The van der Waals surface area contributed by atoms with E-state index in [2.05, 4.69) is 0 Å². The third-order valence-corrected chi connectivity index (χ3v) is 3.78. The number of allylic oxidation sites excluding steroid dienone is 5. The number of thioether (sulfide) groups is 2. The molecule has 0 bridgehead atoms. The molecule has 0 saturated heterocycles. The number of carbonyl (C=O) groups excluding carboxylic acids is 1. The largest absolute Gasteiger partial charge is 0.290 e. The minimum absolute atomic E-state index is 0.142.